The number of hydrogen-bond acceptors (Lipinski definition) is 5. The van der Waals surface area contributed by atoms with Crippen LogP contribution in [0.4, 0.5) is 0 Å². The van der Waals surface area contributed by atoms with Crippen LogP contribution in [-0.2, 0) is 6.42 Å². The quantitative estimate of drug-likeness (QED) is 0.794. The zero-order valence-corrected chi connectivity index (χ0v) is 11.8. The van der Waals surface area contributed by atoms with Gasteiger partial charge in [-0.15, -0.1) is 0 Å². The first-order valence-electron chi connectivity index (χ1n) is 6.83. The van der Waals surface area contributed by atoms with Crippen LogP contribution >= 0.6 is 0 Å². The summed E-state index contributed by atoms with van der Waals surface area (Å²) in [4.78, 5) is 8.74. The van der Waals surface area contributed by atoms with Crippen LogP contribution in [0, 0.1) is 6.92 Å². The predicted molar refractivity (Wildman–Crippen MR) is 80.5 cm³/mol. The molecule has 0 amide bonds. The minimum Gasteiger partial charge on any atom is -0.334 e. The van der Waals surface area contributed by atoms with Crippen LogP contribution in [0.25, 0.3) is 23.0 Å². The molecule has 2 heterocycles. The number of aromatic nitrogens is 3. The molecule has 0 saturated carbocycles. The van der Waals surface area contributed by atoms with Crippen molar-refractivity contribution in [3.05, 3.63) is 53.7 Å². The maximum atomic E-state index is 5.59. The van der Waals surface area contributed by atoms with Crippen LogP contribution in [0.2, 0.25) is 0 Å². The van der Waals surface area contributed by atoms with Gasteiger partial charge in [0.2, 0.25) is 5.82 Å². The van der Waals surface area contributed by atoms with Crippen LogP contribution in [0.3, 0.4) is 0 Å². The van der Waals surface area contributed by atoms with E-state index in [1.807, 2.05) is 43.3 Å². The molecule has 5 heteroatoms. The summed E-state index contributed by atoms with van der Waals surface area (Å²) in [5, 5.41) is 4.03. The van der Waals surface area contributed by atoms with Gasteiger partial charge in [-0.25, -0.2) is 0 Å². The summed E-state index contributed by atoms with van der Waals surface area (Å²) in [6.45, 7) is 2.59. The van der Waals surface area contributed by atoms with Gasteiger partial charge >= 0.3 is 0 Å². The van der Waals surface area contributed by atoms with Crippen LogP contribution in [0.1, 0.15) is 11.1 Å². The van der Waals surface area contributed by atoms with Gasteiger partial charge in [-0.05, 0) is 49.2 Å². The highest BCUT2D eigenvalue weighted by Crippen LogP contribution is 2.23. The molecule has 0 aliphatic carbocycles. The van der Waals surface area contributed by atoms with Gasteiger partial charge in [0.25, 0.3) is 5.89 Å². The largest absolute Gasteiger partial charge is 0.334 e. The van der Waals surface area contributed by atoms with Crippen molar-refractivity contribution in [2.24, 2.45) is 5.73 Å². The minimum atomic E-state index is 0.494. The summed E-state index contributed by atoms with van der Waals surface area (Å²) in [6.07, 6.45) is 2.55. The Balaban J connectivity index is 1.95. The Morgan fingerprint density at radius 3 is 2.90 bits per heavy atom. The van der Waals surface area contributed by atoms with Crippen LogP contribution in [-0.4, -0.2) is 21.7 Å². The molecule has 3 rings (SSSR count). The number of nitrogens with two attached hydrogens (primary N) is 1. The minimum absolute atomic E-state index is 0.494. The molecule has 0 radical (unpaired) electrons. The molecule has 0 spiro atoms. The highest BCUT2D eigenvalue weighted by molar-refractivity contribution is 5.59. The Bertz CT molecular complexity index is 751. The highest BCUT2D eigenvalue weighted by atomic mass is 16.5. The molecule has 0 aliphatic rings. The topological polar surface area (TPSA) is 77.8 Å². The van der Waals surface area contributed by atoms with E-state index in [1.165, 1.54) is 0 Å². The van der Waals surface area contributed by atoms with Crippen molar-refractivity contribution in [2.45, 2.75) is 13.3 Å². The third-order valence-corrected chi connectivity index (χ3v) is 3.25. The maximum absolute atomic E-state index is 5.59. The molecule has 1 aromatic carbocycles. The van der Waals surface area contributed by atoms with Gasteiger partial charge in [0.05, 0.1) is 0 Å². The van der Waals surface area contributed by atoms with E-state index < -0.39 is 0 Å². The van der Waals surface area contributed by atoms with Crippen LogP contribution < -0.4 is 5.73 Å². The number of pyridine rings is 1. The maximum Gasteiger partial charge on any atom is 0.258 e. The Kier molecular flexibility index (Phi) is 3.75. The summed E-state index contributed by atoms with van der Waals surface area (Å²) in [5.41, 5.74) is 9.40. The zero-order valence-electron chi connectivity index (χ0n) is 11.8. The second kappa shape index (κ2) is 5.85. The SMILES string of the molecule is Cc1cccnc1-c1noc(-c2cccc(CCN)c2)n1. The number of nitrogens with zero attached hydrogens (tertiary/aromatic N) is 3. The van der Waals surface area contributed by atoms with Crippen LogP contribution in [0.15, 0.2) is 47.1 Å². The standard InChI is InChI=1S/C16H16N4O/c1-11-4-3-9-18-14(11)15-19-16(21-20-15)13-6-2-5-12(10-13)7-8-17/h2-6,9-10H,7-8,17H2,1H3. The normalized spacial score (nSPS) is 10.8. The van der Waals surface area contributed by atoms with Gasteiger partial charge in [0.15, 0.2) is 0 Å². The number of aryl methyl sites for hydroxylation is 1. The summed E-state index contributed by atoms with van der Waals surface area (Å²) in [5.74, 6) is 1.00. The average Bonchev–Trinajstić information content (AvgIpc) is 2.98. The predicted octanol–water partition coefficient (Wildman–Crippen LogP) is 2.61. The molecule has 0 bridgehead atoms. The number of benzene rings is 1. The molecule has 3 aromatic rings. The molecular formula is C16H16N4O. The summed E-state index contributed by atoms with van der Waals surface area (Å²) in [7, 11) is 0. The van der Waals surface area contributed by atoms with E-state index in [4.69, 9.17) is 10.3 Å². The molecule has 21 heavy (non-hydrogen) atoms. The monoisotopic (exact) mass is 280 g/mol. The smallest absolute Gasteiger partial charge is 0.258 e. The lowest BCUT2D eigenvalue weighted by Crippen LogP contribution is -2.02. The van der Waals surface area contributed by atoms with Gasteiger partial charge in [0.1, 0.15) is 5.69 Å². The Morgan fingerprint density at radius 1 is 1.19 bits per heavy atom. The van der Waals surface area contributed by atoms with E-state index in [1.54, 1.807) is 6.20 Å². The summed E-state index contributed by atoms with van der Waals surface area (Å²) >= 11 is 0. The van der Waals surface area contributed by atoms with E-state index >= 15 is 0 Å². The number of hydrogen-bond donors (Lipinski definition) is 1. The molecular weight excluding hydrogens is 264 g/mol. The fourth-order valence-corrected chi connectivity index (χ4v) is 2.18. The first-order chi connectivity index (χ1) is 10.3. The summed E-state index contributed by atoms with van der Waals surface area (Å²) in [6, 6.07) is 11.8. The van der Waals surface area contributed by atoms with Crippen molar-refractivity contribution >= 4 is 0 Å². The van der Waals surface area contributed by atoms with Crippen molar-refractivity contribution in [2.75, 3.05) is 6.54 Å². The second-order valence-corrected chi connectivity index (χ2v) is 4.83. The number of rotatable bonds is 4. The Morgan fingerprint density at radius 2 is 2.10 bits per heavy atom. The lowest BCUT2D eigenvalue weighted by Gasteiger charge is -2.00. The molecule has 2 N–H and O–H groups in total. The molecule has 2 aromatic heterocycles. The first-order valence-corrected chi connectivity index (χ1v) is 6.83. The Hall–Kier alpha value is -2.53. The van der Waals surface area contributed by atoms with Crippen LogP contribution in [0.5, 0.6) is 0 Å². The van der Waals surface area contributed by atoms with E-state index in [0.717, 1.165) is 28.8 Å². The van der Waals surface area contributed by atoms with Gasteiger partial charge < -0.3 is 10.3 Å². The van der Waals surface area contributed by atoms with Crippen molar-refractivity contribution < 1.29 is 4.52 Å². The third kappa shape index (κ3) is 2.83. The van der Waals surface area contributed by atoms with E-state index in [-0.39, 0.29) is 0 Å². The van der Waals surface area contributed by atoms with Gasteiger partial charge in [-0.3, -0.25) is 4.98 Å². The van der Waals surface area contributed by atoms with Crippen molar-refractivity contribution in [1.82, 2.24) is 15.1 Å². The van der Waals surface area contributed by atoms with Gasteiger partial charge in [-0.2, -0.15) is 4.98 Å². The zero-order chi connectivity index (χ0) is 14.7. The fraction of sp³-hybridized carbons (Fsp3) is 0.188. The molecule has 5 nitrogen and oxygen atoms in total. The van der Waals surface area contributed by atoms with E-state index in [2.05, 4.69) is 15.1 Å². The average molecular weight is 280 g/mol. The van der Waals surface area contributed by atoms with Gasteiger partial charge in [0, 0.05) is 11.8 Å². The third-order valence-electron chi connectivity index (χ3n) is 3.25. The molecule has 106 valence electrons. The van der Waals surface area contributed by atoms with E-state index in [0.29, 0.717) is 18.3 Å². The molecule has 0 unspecified atom stereocenters. The summed E-state index contributed by atoms with van der Waals surface area (Å²) < 4.78 is 5.36. The van der Waals surface area contributed by atoms with Crippen molar-refractivity contribution in [1.29, 1.82) is 0 Å². The van der Waals surface area contributed by atoms with Gasteiger partial charge in [-0.1, -0.05) is 23.4 Å². The Labute approximate surface area is 122 Å². The molecule has 0 saturated heterocycles. The van der Waals surface area contributed by atoms with Crippen molar-refractivity contribution in [3.8, 4) is 23.0 Å². The fourth-order valence-electron chi connectivity index (χ4n) is 2.18. The second-order valence-electron chi connectivity index (χ2n) is 4.83. The lowest BCUT2D eigenvalue weighted by atomic mass is 10.1. The van der Waals surface area contributed by atoms with Crippen molar-refractivity contribution in [3.63, 3.8) is 0 Å². The van der Waals surface area contributed by atoms with E-state index in [9.17, 15) is 0 Å². The molecule has 0 atom stereocenters. The molecule has 0 fully saturated rings. The lowest BCUT2D eigenvalue weighted by molar-refractivity contribution is 0.432. The highest BCUT2D eigenvalue weighted by Gasteiger charge is 2.13. The first kappa shape index (κ1) is 13.5. The molecule has 0 aliphatic heterocycles.